The number of aryl methyl sites for hydroxylation is 1. The monoisotopic (exact) mass is 398 g/mol. The van der Waals surface area contributed by atoms with Crippen molar-refractivity contribution in [1.29, 1.82) is 0 Å². The minimum absolute atomic E-state index is 0.0717. The molecule has 144 valence electrons. The van der Waals surface area contributed by atoms with Crippen LogP contribution in [0.3, 0.4) is 0 Å². The summed E-state index contributed by atoms with van der Waals surface area (Å²) >= 11 is 5.86. The molecule has 0 aliphatic heterocycles. The smallest absolute Gasteiger partial charge is 0.361 e. The van der Waals surface area contributed by atoms with Crippen LogP contribution in [0, 0.1) is 6.92 Å². The third-order valence-corrected chi connectivity index (χ3v) is 4.30. The molecule has 1 N–H and O–H groups in total. The van der Waals surface area contributed by atoms with Crippen LogP contribution in [0.5, 0.6) is 0 Å². The van der Waals surface area contributed by atoms with Crippen LogP contribution in [0.15, 0.2) is 54.6 Å². The van der Waals surface area contributed by atoms with E-state index in [1.165, 1.54) is 4.80 Å². The van der Waals surface area contributed by atoms with Crippen LogP contribution < -0.4 is 5.32 Å². The van der Waals surface area contributed by atoms with Crippen LogP contribution in [0.25, 0.3) is 5.69 Å². The number of rotatable bonds is 6. The molecule has 0 saturated heterocycles. The number of esters is 1. The van der Waals surface area contributed by atoms with Crippen molar-refractivity contribution in [2.45, 2.75) is 19.9 Å². The highest BCUT2D eigenvalue weighted by atomic mass is 35.5. The predicted octanol–water partition coefficient (Wildman–Crippen LogP) is 3.26. The molecule has 0 saturated carbocycles. The maximum absolute atomic E-state index is 12.3. The third kappa shape index (κ3) is 4.75. The van der Waals surface area contributed by atoms with Gasteiger partial charge in [-0.25, -0.2) is 4.79 Å². The predicted molar refractivity (Wildman–Crippen MR) is 104 cm³/mol. The second-order valence-electron chi connectivity index (χ2n) is 6.18. The fourth-order valence-corrected chi connectivity index (χ4v) is 2.69. The van der Waals surface area contributed by atoms with Crippen LogP contribution in [0.2, 0.25) is 5.02 Å². The molecule has 1 heterocycles. The van der Waals surface area contributed by atoms with E-state index in [1.807, 2.05) is 49.4 Å². The minimum Gasteiger partial charge on any atom is -0.451 e. The van der Waals surface area contributed by atoms with Gasteiger partial charge >= 0.3 is 5.97 Å². The van der Waals surface area contributed by atoms with Gasteiger partial charge in [0.2, 0.25) is 0 Å². The molecule has 28 heavy (non-hydrogen) atoms. The Morgan fingerprint density at radius 2 is 1.79 bits per heavy atom. The average molecular weight is 399 g/mol. The highest BCUT2D eigenvalue weighted by Gasteiger charge is 2.19. The summed E-state index contributed by atoms with van der Waals surface area (Å²) in [4.78, 5) is 25.7. The summed E-state index contributed by atoms with van der Waals surface area (Å²) in [6, 6.07) is 16.1. The van der Waals surface area contributed by atoms with Gasteiger partial charge in [-0.1, -0.05) is 41.9 Å². The molecule has 7 nitrogen and oxygen atoms in total. The number of nitrogens with one attached hydrogen (secondary N) is 1. The summed E-state index contributed by atoms with van der Waals surface area (Å²) in [5.74, 6) is -1.11. The number of amides is 1. The first-order chi connectivity index (χ1) is 13.4. The Labute approximate surface area is 167 Å². The summed E-state index contributed by atoms with van der Waals surface area (Å²) in [6.45, 7) is 3.08. The number of halogens is 1. The number of hydrogen-bond donors (Lipinski definition) is 1. The van der Waals surface area contributed by atoms with Crippen molar-refractivity contribution in [1.82, 2.24) is 20.3 Å². The molecule has 0 aliphatic carbocycles. The molecule has 0 fully saturated rings. The topological polar surface area (TPSA) is 86.1 Å². The summed E-state index contributed by atoms with van der Waals surface area (Å²) in [7, 11) is 0. The molecular formula is C20H19ClN4O3. The number of carbonyl (C=O) groups excluding carboxylic acids is 2. The third-order valence-electron chi connectivity index (χ3n) is 4.04. The molecule has 1 atom stereocenters. The molecule has 1 amide bonds. The highest BCUT2D eigenvalue weighted by molar-refractivity contribution is 6.30. The number of para-hydroxylation sites is 1. The van der Waals surface area contributed by atoms with Gasteiger partial charge in [-0.3, -0.25) is 4.79 Å². The van der Waals surface area contributed by atoms with Crippen molar-refractivity contribution < 1.29 is 14.3 Å². The Kier molecular flexibility index (Phi) is 6.06. The second kappa shape index (κ2) is 8.67. The van der Waals surface area contributed by atoms with E-state index in [1.54, 1.807) is 19.1 Å². The quantitative estimate of drug-likeness (QED) is 0.644. The highest BCUT2D eigenvalue weighted by Crippen LogP contribution is 2.16. The molecule has 0 unspecified atom stereocenters. The zero-order chi connectivity index (χ0) is 20.1. The normalized spacial score (nSPS) is 11.7. The molecule has 0 radical (unpaired) electrons. The standard InChI is InChI=1S/C20H19ClN4O3/c1-13(15-8-10-16(21)11-9-15)22-18(26)12-28-20(27)19-14(2)23-25(24-19)17-6-4-3-5-7-17/h3-11,13H,12H2,1-2H3,(H,22,26)/t13-/m1/s1. The molecule has 0 bridgehead atoms. The van der Waals surface area contributed by atoms with Crippen molar-refractivity contribution in [3.63, 3.8) is 0 Å². The fourth-order valence-electron chi connectivity index (χ4n) is 2.56. The van der Waals surface area contributed by atoms with Gasteiger partial charge in [-0.2, -0.15) is 9.90 Å². The lowest BCUT2D eigenvalue weighted by molar-refractivity contribution is -0.124. The maximum Gasteiger partial charge on any atom is 0.361 e. The second-order valence-corrected chi connectivity index (χ2v) is 6.61. The molecule has 3 aromatic rings. The lowest BCUT2D eigenvalue weighted by Crippen LogP contribution is -2.31. The van der Waals surface area contributed by atoms with E-state index >= 15 is 0 Å². The van der Waals surface area contributed by atoms with E-state index in [9.17, 15) is 9.59 Å². The fraction of sp³-hybridized carbons (Fsp3) is 0.200. The molecule has 0 spiro atoms. The molecule has 1 aromatic heterocycles. The first-order valence-corrected chi connectivity index (χ1v) is 9.03. The molecular weight excluding hydrogens is 380 g/mol. The lowest BCUT2D eigenvalue weighted by atomic mass is 10.1. The first-order valence-electron chi connectivity index (χ1n) is 8.65. The van der Waals surface area contributed by atoms with Crippen LogP contribution in [0.4, 0.5) is 0 Å². The first kappa shape index (κ1) is 19.6. The SMILES string of the molecule is Cc1nn(-c2ccccc2)nc1C(=O)OCC(=O)N[C@H](C)c1ccc(Cl)cc1. The Morgan fingerprint density at radius 1 is 1.11 bits per heavy atom. The van der Waals surface area contributed by atoms with E-state index in [2.05, 4.69) is 15.5 Å². The van der Waals surface area contributed by atoms with E-state index in [0.717, 1.165) is 11.3 Å². The number of aromatic nitrogens is 3. The molecule has 2 aromatic carbocycles. The zero-order valence-electron chi connectivity index (χ0n) is 15.4. The molecule has 3 rings (SSSR count). The number of ether oxygens (including phenoxy) is 1. The van der Waals surface area contributed by atoms with Gasteiger partial charge in [-0.15, -0.1) is 5.10 Å². The lowest BCUT2D eigenvalue weighted by Gasteiger charge is -2.14. The van der Waals surface area contributed by atoms with Gasteiger partial charge in [0.05, 0.1) is 17.4 Å². The molecule has 8 heteroatoms. The summed E-state index contributed by atoms with van der Waals surface area (Å²) < 4.78 is 5.09. The summed E-state index contributed by atoms with van der Waals surface area (Å²) in [5.41, 5.74) is 2.11. The number of carbonyl (C=O) groups is 2. The van der Waals surface area contributed by atoms with Crippen molar-refractivity contribution in [3.05, 3.63) is 76.6 Å². The van der Waals surface area contributed by atoms with E-state index in [0.29, 0.717) is 10.7 Å². The van der Waals surface area contributed by atoms with Crippen molar-refractivity contribution in [2.24, 2.45) is 0 Å². The van der Waals surface area contributed by atoms with Crippen LogP contribution in [-0.4, -0.2) is 33.5 Å². The number of benzene rings is 2. The van der Waals surface area contributed by atoms with E-state index < -0.39 is 18.5 Å². The average Bonchev–Trinajstić information content (AvgIpc) is 3.09. The Bertz CT molecular complexity index is 971. The zero-order valence-corrected chi connectivity index (χ0v) is 16.2. The maximum atomic E-state index is 12.3. The van der Waals surface area contributed by atoms with Crippen molar-refractivity contribution in [3.8, 4) is 5.69 Å². The number of hydrogen-bond acceptors (Lipinski definition) is 5. The van der Waals surface area contributed by atoms with Gasteiger partial charge in [0, 0.05) is 5.02 Å². The van der Waals surface area contributed by atoms with Crippen LogP contribution >= 0.6 is 11.6 Å². The Balaban J connectivity index is 1.57. The molecule has 0 aliphatic rings. The Hall–Kier alpha value is -3.19. The van der Waals surface area contributed by atoms with E-state index in [-0.39, 0.29) is 11.7 Å². The summed E-state index contributed by atoms with van der Waals surface area (Å²) in [5, 5.41) is 11.8. The van der Waals surface area contributed by atoms with Gasteiger partial charge in [0.1, 0.15) is 0 Å². The van der Waals surface area contributed by atoms with Crippen molar-refractivity contribution >= 4 is 23.5 Å². The van der Waals surface area contributed by atoms with E-state index in [4.69, 9.17) is 16.3 Å². The van der Waals surface area contributed by atoms with Gasteiger partial charge in [-0.05, 0) is 43.7 Å². The van der Waals surface area contributed by atoms with Crippen molar-refractivity contribution in [2.75, 3.05) is 6.61 Å². The minimum atomic E-state index is -0.700. The largest absolute Gasteiger partial charge is 0.451 e. The van der Waals surface area contributed by atoms with Gasteiger partial charge < -0.3 is 10.1 Å². The summed E-state index contributed by atoms with van der Waals surface area (Å²) in [6.07, 6.45) is 0. The van der Waals surface area contributed by atoms with Crippen LogP contribution in [-0.2, 0) is 9.53 Å². The number of nitrogens with zero attached hydrogens (tertiary/aromatic N) is 3. The van der Waals surface area contributed by atoms with Crippen LogP contribution in [0.1, 0.15) is 34.7 Å². The van der Waals surface area contributed by atoms with Gasteiger partial charge in [0.15, 0.2) is 12.3 Å². The van der Waals surface area contributed by atoms with Gasteiger partial charge in [0.25, 0.3) is 5.91 Å². The Morgan fingerprint density at radius 3 is 2.46 bits per heavy atom.